The fraction of sp³-hybridized carbons (Fsp3) is 1.00. The maximum Gasteiger partial charge on any atom is 0.0527 e. The van der Waals surface area contributed by atoms with Crippen LogP contribution in [0, 0.1) is 0 Å². The van der Waals surface area contributed by atoms with Crippen LogP contribution in [0.4, 0.5) is 0 Å². The molecular weight excluding hydrogens is 99.6 g/mol. The number of hydrogen-bond donors (Lipinski definition) is 0. The molecule has 0 nitrogen and oxygen atoms in total. The van der Waals surface area contributed by atoms with Crippen LogP contribution in [0.2, 0.25) is 0 Å². The van der Waals surface area contributed by atoms with Gasteiger partial charge in [-0.2, -0.15) is 0 Å². The summed E-state index contributed by atoms with van der Waals surface area (Å²) in [6.07, 6.45) is 0. The average Bonchev–Trinajstić information content (AvgIpc) is 0.722. The summed E-state index contributed by atoms with van der Waals surface area (Å²) in [6, 6.07) is 0. The summed E-state index contributed by atoms with van der Waals surface area (Å²) in [5.74, 6) is 0. The van der Waals surface area contributed by atoms with E-state index in [1.807, 2.05) is 13.8 Å². The van der Waals surface area contributed by atoms with Crippen molar-refractivity contribution in [3.8, 4) is 0 Å². The molecule has 0 unspecified atom stereocenters. The van der Waals surface area contributed by atoms with Gasteiger partial charge in [0.1, 0.15) is 0 Å². The van der Waals surface area contributed by atoms with Crippen LogP contribution < -0.4 is 0 Å². The minimum absolute atomic E-state index is 0.222. The largest absolute Gasteiger partial charge is 0.124 e. The van der Waals surface area contributed by atoms with Gasteiger partial charge in [0.05, 0.1) is 10.2 Å². The maximum absolute atomic E-state index is 5.44. The summed E-state index contributed by atoms with van der Waals surface area (Å²) >= 11 is 5.44. The number of rotatable bonds is 0. The first-order valence-electron chi connectivity index (χ1n) is 1.44. The first kappa shape index (κ1) is 5.51. The molecule has 0 amide bonds. The van der Waals surface area contributed by atoms with Gasteiger partial charge in [0.2, 0.25) is 0 Å². The second-order valence-corrected chi connectivity index (χ2v) is 3.98. The zero-order chi connectivity index (χ0) is 4.50. The molecule has 0 spiro atoms. The SMILES string of the molecule is CC(C)([Si])Cl. The predicted molar refractivity (Wildman–Crippen MR) is 25.7 cm³/mol. The van der Waals surface area contributed by atoms with Gasteiger partial charge < -0.3 is 0 Å². The van der Waals surface area contributed by atoms with Crippen LogP contribution in [-0.2, 0) is 0 Å². The zero-order valence-corrected chi connectivity index (χ0v) is 5.13. The Labute approximate surface area is 40.9 Å². The third kappa shape index (κ3) is 110. The van der Waals surface area contributed by atoms with Crippen LogP contribution >= 0.6 is 11.6 Å². The van der Waals surface area contributed by atoms with Crippen molar-refractivity contribution >= 4 is 21.8 Å². The van der Waals surface area contributed by atoms with Crippen molar-refractivity contribution < 1.29 is 0 Å². The van der Waals surface area contributed by atoms with Crippen LogP contribution in [0.3, 0.4) is 0 Å². The third-order valence-corrected chi connectivity index (χ3v) is 0. The lowest BCUT2D eigenvalue weighted by Gasteiger charge is -2.01. The molecule has 5 heavy (non-hydrogen) atoms. The Morgan fingerprint density at radius 1 is 1.60 bits per heavy atom. The van der Waals surface area contributed by atoms with Gasteiger partial charge in [0, 0.05) is 4.50 Å². The normalized spacial score (nSPS) is 12.0. The Kier molecular flexibility index (Phi) is 1.44. The van der Waals surface area contributed by atoms with Gasteiger partial charge in [-0.3, -0.25) is 0 Å². The van der Waals surface area contributed by atoms with Gasteiger partial charge in [-0.05, 0) is 13.8 Å². The Hall–Kier alpha value is 0.507. The summed E-state index contributed by atoms with van der Waals surface area (Å²) in [7, 11) is 3.18. The minimum Gasteiger partial charge on any atom is -0.124 e. The Balaban J connectivity index is 3.02. The Morgan fingerprint density at radius 3 is 1.60 bits per heavy atom. The van der Waals surface area contributed by atoms with Crippen molar-refractivity contribution in [2.45, 2.75) is 18.3 Å². The quantitative estimate of drug-likeness (QED) is 0.320. The van der Waals surface area contributed by atoms with Gasteiger partial charge in [-0.25, -0.2) is 0 Å². The summed E-state index contributed by atoms with van der Waals surface area (Å²) < 4.78 is -0.222. The molecule has 29 valence electrons. The summed E-state index contributed by atoms with van der Waals surface area (Å²) in [5, 5.41) is 0. The predicted octanol–water partition coefficient (Wildman–Crippen LogP) is 1.13. The Bertz CT molecular complexity index is 22.4. The van der Waals surface area contributed by atoms with Crippen molar-refractivity contribution in [1.82, 2.24) is 0 Å². The van der Waals surface area contributed by atoms with Crippen molar-refractivity contribution in [3.63, 3.8) is 0 Å². The molecular formula is C3H6ClSi. The monoisotopic (exact) mass is 105 g/mol. The fourth-order valence-electron chi connectivity index (χ4n) is 0. The molecule has 0 rings (SSSR count). The lowest BCUT2D eigenvalue weighted by atomic mass is 10.5. The molecule has 0 bridgehead atoms. The van der Waals surface area contributed by atoms with Crippen LogP contribution in [0.15, 0.2) is 0 Å². The molecule has 0 aromatic rings. The van der Waals surface area contributed by atoms with Gasteiger partial charge in [0.25, 0.3) is 0 Å². The molecule has 0 aromatic carbocycles. The van der Waals surface area contributed by atoms with Crippen molar-refractivity contribution in [1.29, 1.82) is 0 Å². The van der Waals surface area contributed by atoms with E-state index in [-0.39, 0.29) is 4.50 Å². The van der Waals surface area contributed by atoms with Crippen LogP contribution in [0.5, 0.6) is 0 Å². The summed E-state index contributed by atoms with van der Waals surface area (Å²) in [4.78, 5) is 0. The molecule has 0 aliphatic rings. The molecule has 0 aliphatic carbocycles. The van der Waals surface area contributed by atoms with Gasteiger partial charge >= 0.3 is 0 Å². The van der Waals surface area contributed by atoms with Crippen LogP contribution in [0.25, 0.3) is 0 Å². The van der Waals surface area contributed by atoms with E-state index in [0.717, 1.165) is 0 Å². The molecule has 2 heteroatoms. The van der Waals surface area contributed by atoms with Crippen molar-refractivity contribution in [3.05, 3.63) is 0 Å². The lowest BCUT2D eigenvalue weighted by Crippen LogP contribution is -2.06. The second-order valence-electron chi connectivity index (χ2n) is 1.47. The van der Waals surface area contributed by atoms with Gasteiger partial charge in [-0.15, -0.1) is 11.6 Å². The van der Waals surface area contributed by atoms with Crippen LogP contribution in [-0.4, -0.2) is 14.7 Å². The fourth-order valence-corrected chi connectivity index (χ4v) is 0. The topological polar surface area (TPSA) is 0 Å². The number of halogens is 1. The summed E-state index contributed by atoms with van der Waals surface area (Å²) in [6.45, 7) is 3.73. The van der Waals surface area contributed by atoms with Gasteiger partial charge in [0.15, 0.2) is 0 Å². The maximum atomic E-state index is 5.44. The van der Waals surface area contributed by atoms with E-state index in [9.17, 15) is 0 Å². The highest BCUT2D eigenvalue weighted by Gasteiger charge is 1.99. The van der Waals surface area contributed by atoms with E-state index < -0.39 is 0 Å². The van der Waals surface area contributed by atoms with E-state index in [1.165, 1.54) is 0 Å². The highest BCUT2D eigenvalue weighted by Crippen LogP contribution is 2.03. The van der Waals surface area contributed by atoms with E-state index in [2.05, 4.69) is 10.2 Å². The van der Waals surface area contributed by atoms with E-state index >= 15 is 0 Å². The molecule has 0 saturated heterocycles. The zero-order valence-electron chi connectivity index (χ0n) is 3.38. The summed E-state index contributed by atoms with van der Waals surface area (Å²) in [5.41, 5.74) is 0. The third-order valence-electron chi connectivity index (χ3n) is 0. The smallest absolute Gasteiger partial charge is 0.0527 e. The highest BCUT2D eigenvalue weighted by atomic mass is 35.5. The molecule has 0 fully saturated rings. The molecule has 0 N–H and O–H groups in total. The van der Waals surface area contributed by atoms with Crippen molar-refractivity contribution in [2.24, 2.45) is 0 Å². The van der Waals surface area contributed by atoms with Gasteiger partial charge in [-0.1, -0.05) is 0 Å². The number of alkyl halides is 1. The molecule has 0 saturated carbocycles. The Morgan fingerprint density at radius 2 is 1.60 bits per heavy atom. The van der Waals surface area contributed by atoms with E-state index in [1.54, 1.807) is 0 Å². The molecule has 0 atom stereocenters. The van der Waals surface area contributed by atoms with Crippen LogP contribution in [0.1, 0.15) is 13.8 Å². The van der Waals surface area contributed by atoms with E-state index in [4.69, 9.17) is 11.6 Å². The number of hydrogen-bond acceptors (Lipinski definition) is 0. The molecule has 0 aliphatic heterocycles. The highest BCUT2D eigenvalue weighted by molar-refractivity contribution is 6.43. The molecule has 0 heterocycles. The standard InChI is InChI=1S/C3H6ClSi/c1-3(2,4)5/h1-2H3. The molecule has 0 aromatic heterocycles. The second kappa shape index (κ2) is 1.31. The molecule has 3 radical (unpaired) electrons. The lowest BCUT2D eigenvalue weighted by molar-refractivity contribution is 0.993. The van der Waals surface area contributed by atoms with Crippen molar-refractivity contribution in [2.75, 3.05) is 0 Å². The van der Waals surface area contributed by atoms with E-state index in [0.29, 0.717) is 0 Å². The first-order chi connectivity index (χ1) is 2.00. The minimum atomic E-state index is -0.222. The average molecular weight is 106 g/mol. The first-order valence-corrected chi connectivity index (χ1v) is 2.32.